The molecule has 4 heteroatoms. The third-order valence-electron chi connectivity index (χ3n) is 3.04. The second-order valence-electron chi connectivity index (χ2n) is 3.65. The van der Waals surface area contributed by atoms with Crippen LogP contribution in [0.1, 0.15) is 39.0 Å². The van der Waals surface area contributed by atoms with Gasteiger partial charge in [-0.3, -0.25) is 0 Å². The zero-order valence-corrected chi connectivity index (χ0v) is 7.51. The maximum absolute atomic E-state index is 8.97. The van der Waals surface area contributed by atoms with Gasteiger partial charge in [-0.25, -0.2) is 5.48 Å². The van der Waals surface area contributed by atoms with Crippen LogP contribution in [0.3, 0.4) is 0 Å². The number of nitrogens with one attached hydrogen (secondary N) is 2. The molecule has 12 heavy (non-hydrogen) atoms. The lowest BCUT2D eigenvalue weighted by atomic mass is 9.78. The Kier molecular flexibility index (Phi) is 3.46. The predicted molar refractivity (Wildman–Crippen MR) is 45.1 cm³/mol. The van der Waals surface area contributed by atoms with Crippen LogP contribution < -0.4 is 11.0 Å². The molecule has 0 saturated heterocycles. The summed E-state index contributed by atoms with van der Waals surface area (Å²) in [6.07, 6.45) is 4.59. The highest BCUT2D eigenvalue weighted by Gasteiger charge is 2.32. The molecule has 0 spiro atoms. The lowest BCUT2D eigenvalue weighted by molar-refractivity contribution is 0.0116. The van der Waals surface area contributed by atoms with E-state index in [9.17, 15) is 0 Å². The van der Waals surface area contributed by atoms with Crippen molar-refractivity contribution in [2.45, 2.75) is 50.6 Å². The van der Waals surface area contributed by atoms with Crippen LogP contribution in [0.5, 0.6) is 0 Å². The third kappa shape index (κ3) is 1.95. The van der Waals surface area contributed by atoms with E-state index >= 15 is 0 Å². The van der Waals surface area contributed by atoms with E-state index in [1.165, 1.54) is 0 Å². The summed E-state index contributed by atoms with van der Waals surface area (Å²) in [5.41, 5.74) is 4.58. The highest BCUT2D eigenvalue weighted by atomic mass is 16.5. The van der Waals surface area contributed by atoms with E-state index in [-0.39, 0.29) is 11.6 Å². The average Bonchev–Trinajstić information content (AvgIpc) is 2.18. The SMILES string of the molecule is CC[C@]1(NO)CC[C@H](NO)CC1. The van der Waals surface area contributed by atoms with Crippen LogP contribution in [-0.4, -0.2) is 22.0 Å². The smallest absolute Gasteiger partial charge is 0.0428 e. The summed E-state index contributed by atoms with van der Waals surface area (Å²) < 4.78 is 0. The molecule has 0 heterocycles. The molecule has 0 aliphatic heterocycles. The molecule has 0 unspecified atom stereocenters. The molecule has 0 amide bonds. The summed E-state index contributed by atoms with van der Waals surface area (Å²) in [4.78, 5) is 0. The largest absolute Gasteiger partial charge is 0.317 e. The fourth-order valence-electron chi connectivity index (χ4n) is 1.84. The molecule has 72 valence electrons. The van der Waals surface area contributed by atoms with E-state index in [0.717, 1.165) is 32.1 Å². The molecule has 1 aliphatic carbocycles. The molecule has 1 saturated carbocycles. The maximum Gasteiger partial charge on any atom is 0.0428 e. The fraction of sp³-hybridized carbons (Fsp3) is 1.00. The number of hydroxylamine groups is 2. The van der Waals surface area contributed by atoms with Gasteiger partial charge in [-0.1, -0.05) is 6.92 Å². The van der Waals surface area contributed by atoms with Crippen LogP contribution in [0.15, 0.2) is 0 Å². The van der Waals surface area contributed by atoms with Gasteiger partial charge in [-0.2, -0.15) is 5.48 Å². The van der Waals surface area contributed by atoms with E-state index in [0.29, 0.717) is 0 Å². The minimum atomic E-state index is -0.104. The summed E-state index contributed by atoms with van der Waals surface area (Å²) in [5, 5.41) is 17.6. The molecule has 0 atom stereocenters. The van der Waals surface area contributed by atoms with Gasteiger partial charge >= 0.3 is 0 Å². The Hall–Kier alpha value is -0.160. The number of hydrogen-bond acceptors (Lipinski definition) is 4. The Morgan fingerprint density at radius 3 is 2.25 bits per heavy atom. The van der Waals surface area contributed by atoms with Gasteiger partial charge in [0.1, 0.15) is 0 Å². The van der Waals surface area contributed by atoms with Gasteiger partial charge in [0.25, 0.3) is 0 Å². The van der Waals surface area contributed by atoms with Crippen LogP contribution in [-0.2, 0) is 0 Å². The summed E-state index contributed by atoms with van der Waals surface area (Å²) in [6.45, 7) is 2.07. The summed E-state index contributed by atoms with van der Waals surface area (Å²) in [5.74, 6) is 0. The highest BCUT2D eigenvalue weighted by molar-refractivity contribution is 4.90. The Bertz CT molecular complexity index is 127. The van der Waals surface area contributed by atoms with Crippen LogP contribution in [0, 0.1) is 0 Å². The molecular formula is C8H18N2O2. The van der Waals surface area contributed by atoms with Gasteiger partial charge in [0.2, 0.25) is 0 Å². The zero-order chi connectivity index (χ0) is 9.03. The Morgan fingerprint density at radius 1 is 1.33 bits per heavy atom. The zero-order valence-electron chi connectivity index (χ0n) is 7.51. The first kappa shape index (κ1) is 9.92. The minimum absolute atomic E-state index is 0.104. The van der Waals surface area contributed by atoms with Gasteiger partial charge in [0.05, 0.1) is 0 Å². The summed E-state index contributed by atoms with van der Waals surface area (Å²) >= 11 is 0. The van der Waals surface area contributed by atoms with E-state index in [1.54, 1.807) is 0 Å². The van der Waals surface area contributed by atoms with Crippen molar-refractivity contribution in [2.24, 2.45) is 0 Å². The minimum Gasteiger partial charge on any atom is -0.317 e. The monoisotopic (exact) mass is 174 g/mol. The topological polar surface area (TPSA) is 64.5 Å². The van der Waals surface area contributed by atoms with Gasteiger partial charge < -0.3 is 10.4 Å². The molecule has 1 fully saturated rings. The van der Waals surface area contributed by atoms with E-state index in [4.69, 9.17) is 10.4 Å². The Balaban J connectivity index is 2.42. The van der Waals surface area contributed by atoms with Crippen molar-refractivity contribution in [2.75, 3.05) is 0 Å². The van der Waals surface area contributed by atoms with Crippen molar-refractivity contribution >= 4 is 0 Å². The first-order valence-electron chi connectivity index (χ1n) is 4.57. The molecule has 0 aromatic heterocycles. The predicted octanol–water partition coefficient (Wildman–Crippen LogP) is 1.04. The summed E-state index contributed by atoms with van der Waals surface area (Å²) in [6, 6.07) is 0.207. The average molecular weight is 174 g/mol. The first-order chi connectivity index (χ1) is 5.76. The fourth-order valence-corrected chi connectivity index (χ4v) is 1.84. The molecule has 1 rings (SSSR count). The second kappa shape index (κ2) is 4.18. The van der Waals surface area contributed by atoms with Gasteiger partial charge in [0.15, 0.2) is 0 Å². The number of hydrogen-bond donors (Lipinski definition) is 4. The Morgan fingerprint density at radius 2 is 1.92 bits per heavy atom. The van der Waals surface area contributed by atoms with Crippen molar-refractivity contribution in [1.29, 1.82) is 0 Å². The van der Waals surface area contributed by atoms with Gasteiger partial charge in [-0.15, -0.1) is 0 Å². The highest BCUT2D eigenvalue weighted by Crippen LogP contribution is 2.30. The van der Waals surface area contributed by atoms with Crippen molar-refractivity contribution < 1.29 is 10.4 Å². The molecule has 1 aliphatic rings. The van der Waals surface area contributed by atoms with Crippen molar-refractivity contribution in [3.8, 4) is 0 Å². The molecule has 0 aromatic rings. The van der Waals surface area contributed by atoms with Crippen LogP contribution in [0.2, 0.25) is 0 Å². The molecule has 0 aromatic carbocycles. The third-order valence-corrected chi connectivity index (χ3v) is 3.04. The van der Waals surface area contributed by atoms with E-state index in [1.807, 2.05) is 0 Å². The van der Waals surface area contributed by atoms with Gasteiger partial charge in [0, 0.05) is 11.6 Å². The van der Waals surface area contributed by atoms with Crippen molar-refractivity contribution in [3.05, 3.63) is 0 Å². The van der Waals surface area contributed by atoms with Crippen LogP contribution in [0.4, 0.5) is 0 Å². The maximum atomic E-state index is 8.97. The normalized spacial score (nSPS) is 36.8. The molecule has 0 bridgehead atoms. The van der Waals surface area contributed by atoms with E-state index in [2.05, 4.69) is 17.9 Å². The van der Waals surface area contributed by atoms with Crippen LogP contribution >= 0.6 is 0 Å². The standard InChI is InChI=1S/C8H18N2O2/c1-2-8(10-12)5-3-7(9-11)4-6-8/h7,9-12H,2-6H2,1H3/t7-,8-. The lowest BCUT2D eigenvalue weighted by Gasteiger charge is -2.37. The Labute approximate surface area is 72.9 Å². The van der Waals surface area contributed by atoms with Crippen molar-refractivity contribution in [1.82, 2.24) is 11.0 Å². The lowest BCUT2D eigenvalue weighted by Crippen LogP contribution is -2.48. The number of rotatable bonds is 3. The molecule has 4 nitrogen and oxygen atoms in total. The summed E-state index contributed by atoms with van der Waals surface area (Å²) in [7, 11) is 0. The van der Waals surface area contributed by atoms with Crippen LogP contribution in [0.25, 0.3) is 0 Å². The van der Waals surface area contributed by atoms with E-state index < -0.39 is 0 Å². The quantitative estimate of drug-likeness (QED) is 0.483. The van der Waals surface area contributed by atoms with Crippen molar-refractivity contribution in [3.63, 3.8) is 0 Å². The second-order valence-corrected chi connectivity index (χ2v) is 3.65. The molecular weight excluding hydrogens is 156 g/mol. The van der Waals surface area contributed by atoms with Gasteiger partial charge in [-0.05, 0) is 32.1 Å². The molecule has 0 radical (unpaired) electrons. The molecule has 4 N–H and O–H groups in total. The first-order valence-corrected chi connectivity index (χ1v) is 4.57.